The van der Waals surface area contributed by atoms with E-state index in [1.807, 2.05) is 0 Å². The highest BCUT2D eigenvalue weighted by Crippen LogP contribution is 2.27. The summed E-state index contributed by atoms with van der Waals surface area (Å²) in [6, 6.07) is 0. The van der Waals surface area contributed by atoms with Crippen LogP contribution < -0.4 is 5.73 Å². The molecule has 1 aromatic heterocycles. The molecule has 1 heterocycles. The van der Waals surface area contributed by atoms with Crippen molar-refractivity contribution in [1.82, 2.24) is 9.55 Å². The van der Waals surface area contributed by atoms with Crippen molar-refractivity contribution in [2.24, 2.45) is 18.7 Å². The lowest BCUT2D eigenvalue weighted by Gasteiger charge is -2.21. The molecule has 1 aliphatic rings. The fourth-order valence-corrected chi connectivity index (χ4v) is 3.00. The SMILES string of the molecule is Cc1nc(CCC2CCCCC2)c(CN)n1C. The van der Waals surface area contributed by atoms with Crippen molar-refractivity contribution in [3.05, 3.63) is 17.2 Å². The Balaban J connectivity index is 1.96. The Kier molecular flexibility index (Phi) is 4.21. The molecule has 0 spiro atoms. The highest BCUT2D eigenvalue weighted by Gasteiger charge is 2.16. The molecule has 0 saturated heterocycles. The van der Waals surface area contributed by atoms with Gasteiger partial charge in [0.15, 0.2) is 0 Å². The minimum atomic E-state index is 0.608. The summed E-state index contributed by atoms with van der Waals surface area (Å²) in [5, 5.41) is 0. The Morgan fingerprint density at radius 3 is 2.65 bits per heavy atom. The lowest BCUT2D eigenvalue weighted by Crippen LogP contribution is -2.10. The number of hydrogen-bond donors (Lipinski definition) is 1. The maximum atomic E-state index is 5.81. The van der Waals surface area contributed by atoms with Crippen LogP contribution in [0.25, 0.3) is 0 Å². The first-order valence-electron chi connectivity index (χ1n) is 6.93. The second-order valence-electron chi connectivity index (χ2n) is 5.36. The van der Waals surface area contributed by atoms with Gasteiger partial charge in [0.2, 0.25) is 0 Å². The Hall–Kier alpha value is -0.830. The zero-order valence-corrected chi connectivity index (χ0v) is 11.2. The van der Waals surface area contributed by atoms with Crippen LogP contribution in [-0.2, 0) is 20.0 Å². The van der Waals surface area contributed by atoms with Crippen LogP contribution in [0.2, 0.25) is 0 Å². The lowest BCUT2D eigenvalue weighted by atomic mass is 9.85. The van der Waals surface area contributed by atoms with Crippen molar-refractivity contribution in [2.45, 2.75) is 58.4 Å². The van der Waals surface area contributed by atoms with Gasteiger partial charge in [0.1, 0.15) is 5.82 Å². The number of hydrogen-bond acceptors (Lipinski definition) is 2. The van der Waals surface area contributed by atoms with Crippen LogP contribution in [0, 0.1) is 12.8 Å². The summed E-state index contributed by atoms with van der Waals surface area (Å²) < 4.78 is 2.14. The van der Waals surface area contributed by atoms with E-state index in [9.17, 15) is 0 Å². The number of nitrogens with two attached hydrogens (primary N) is 1. The van der Waals surface area contributed by atoms with Crippen LogP contribution in [0.1, 0.15) is 55.7 Å². The smallest absolute Gasteiger partial charge is 0.105 e. The second kappa shape index (κ2) is 5.67. The molecule has 0 radical (unpaired) electrons. The van der Waals surface area contributed by atoms with Crippen LogP contribution in [-0.4, -0.2) is 9.55 Å². The third-order valence-electron chi connectivity index (χ3n) is 4.23. The van der Waals surface area contributed by atoms with Crippen LogP contribution >= 0.6 is 0 Å². The number of imidazole rings is 1. The summed E-state index contributed by atoms with van der Waals surface area (Å²) in [6.07, 6.45) is 9.54. The summed E-state index contributed by atoms with van der Waals surface area (Å²) >= 11 is 0. The molecule has 2 rings (SSSR count). The summed E-state index contributed by atoms with van der Waals surface area (Å²) in [5.41, 5.74) is 8.27. The molecule has 3 heteroatoms. The highest BCUT2D eigenvalue weighted by atomic mass is 15.1. The minimum absolute atomic E-state index is 0.608. The van der Waals surface area contributed by atoms with Crippen molar-refractivity contribution in [3.8, 4) is 0 Å². The van der Waals surface area contributed by atoms with E-state index in [1.54, 1.807) is 0 Å². The minimum Gasteiger partial charge on any atom is -0.334 e. The first-order valence-corrected chi connectivity index (χ1v) is 6.93. The molecule has 1 fully saturated rings. The van der Waals surface area contributed by atoms with E-state index in [0.717, 1.165) is 18.2 Å². The summed E-state index contributed by atoms with van der Waals surface area (Å²) in [7, 11) is 2.06. The van der Waals surface area contributed by atoms with Crippen molar-refractivity contribution in [3.63, 3.8) is 0 Å². The molecule has 1 aromatic rings. The van der Waals surface area contributed by atoms with Gasteiger partial charge in [-0.15, -0.1) is 0 Å². The van der Waals surface area contributed by atoms with Gasteiger partial charge in [-0.05, 0) is 25.7 Å². The van der Waals surface area contributed by atoms with Crippen molar-refractivity contribution in [2.75, 3.05) is 0 Å². The number of aryl methyl sites for hydroxylation is 2. The van der Waals surface area contributed by atoms with Crippen LogP contribution in [0.3, 0.4) is 0 Å². The maximum Gasteiger partial charge on any atom is 0.105 e. The van der Waals surface area contributed by atoms with E-state index in [0.29, 0.717) is 6.54 Å². The van der Waals surface area contributed by atoms with E-state index in [4.69, 9.17) is 5.73 Å². The molecule has 96 valence electrons. The maximum absolute atomic E-state index is 5.81. The Morgan fingerprint density at radius 2 is 2.00 bits per heavy atom. The Morgan fingerprint density at radius 1 is 1.29 bits per heavy atom. The normalized spacial score (nSPS) is 17.6. The van der Waals surface area contributed by atoms with Crippen molar-refractivity contribution >= 4 is 0 Å². The molecule has 1 aliphatic carbocycles. The molecular weight excluding hydrogens is 210 g/mol. The zero-order chi connectivity index (χ0) is 12.3. The molecule has 0 amide bonds. The average Bonchev–Trinajstić information content (AvgIpc) is 2.63. The van der Waals surface area contributed by atoms with Gasteiger partial charge in [-0.25, -0.2) is 4.98 Å². The van der Waals surface area contributed by atoms with Crippen LogP contribution in [0.15, 0.2) is 0 Å². The van der Waals surface area contributed by atoms with Gasteiger partial charge in [-0.2, -0.15) is 0 Å². The number of rotatable bonds is 4. The molecule has 0 aromatic carbocycles. The van der Waals surface area contributed by atoms with Crippen LogP contribution in [0.5, 0.6) is 0 Å². The van der Waals surface area contributed by atoms with Gasteiger partial charge in [0, 0.05) is 13.6 Å². The van der Waals surface area contributed by atoms with E-state index < -0.39 is 0 Å². The monoisotopic (exact) mass is 235 g/mol. The molecule has 0 aliphatic heterocycles. The first kappa shape index (κ1) is 12.6. The molecule has 17 heavy (non-hydrogen) atoms. The average molecular weight is 235 g/mol. The molecule has 2 N–H and O–H groups in total. The highest BCUT2D eigenvalue weighted by molar-refractivity contribution is 5.16. The predicted molar refractivity (Wildman–Crippen MR) is 70.7 cm³/mol. The number of nitrogens with zero attached hydrogens (tertiary/aromatic N) is 2. The molecule has 0 bridgehead atoms. The second-order valence-corrected chi connectivity index (χ2v) is 5.36. The molecule has 1 saturated carbocycles. The standard InChI is InChI=1S/C14H25N3/c1-11-16-13(14(10-15)17(11)2)9-8-12-6-4-3-5-7-12/h12H,3-10,15H2,1-2H3. The molecule has 0 unspecified atom stereocenters. The molecule has 0 atom stereocenters. The predicted octanol–water partition coefficient (Wildman–Crippen LogP) is 2.70. The third-order valence-corrected chi connectivity index (χ3v) is 4.23. The van der Waals surface area contributed by atoms with Gasteiger partial charge < -0.3 is 10.3 Å². The zero-order valence-electron chi connectivity index (χ0n) is 11.2. The molecular formula is C14H25N3. The topological polar surface area (TPSA) is 43.8 Å². The Bertz CT molecular complexity index is 362. The van der Waals surface area contributed by atoms with Gasteiger partial charge in [-0.3, -0.25) is 0 Å². The van der Waals surface area contributed by atoms with E-state index in [-0.39, 0.29) is 0 Å². The fraction of sp³-hybridized carbons (Fsp3) is 0.786. The van der Waals surface area contributed by atoms with Crippen molar-refractivity contribution in [1.29, 1.82) is 0 Å². The van der Waals surface area contributed by atoms with Gasteiger partial charge in [0.05, 0.1) is 11.4 Å². The third kappa shape index (κ3) is 2.89. The number of aromatic nitrogens is 2. The largest absolute Gasteiger partial charge is 0.334 e. The van der Waals surface area contributed by atoms with Crippen molar-refractivity contribution < 1.29 is 0 Å². The van der Waals surface area contributed by atoms with E-state index in [2.05, 4.69) is 23.5 Å². The van der Waals surface area contributed by atoms with Gasteiger partial charge in [-0.1, -0.05) is 32.1 Å². The van der Waals surface area contributed by atoms with Gasteiger partial charge in [0.25, 0.3) is 0 Å². The first-order chi connectivity index (χ1) is 8.22. The summed E-state index contributed by atoms with van der Waals surface area (Å²) in [4.78, 5) is 4.65. The van der Waals surface area contributed by atoms with E-state index >= 15 is 0 Å². The summed E-state index contributed by atoms with van der Waals surface area (Å²) in [5.74, 6) is 2.01. The molecule has 3 nitrogen and oxygen atoms in total. The fourth-order valence-electron chi connectivity index (χ4n) is 3.00. The Labute approximate surface area is 104 Å². The quantitative estimate of drug-likeness (QED) is 0.872. The van der Waals surface area contributed by atoms with Crippen LogP contribution in [0.4, 0.5) is 0 Å². The summed E-state index contributed by atoms with van der Waals surface area (Å²) in [6.45, 7) is 2.67. The lowest BCUT2D eigenvalue weighted by molar-refractivity contribution is 0.338. The van der Waals surface area contributed by atoms with Gasteiger partial charge >= 0.3 is 0 Å². The van der Waals surface area contributed by atoms with E-state index in [1.165, 1.54) is 49.9 Å².